The fourth-order valence-corrected chi connectivity index (χ4v) is 0.440. The number of halogens is 3. The molecule has 74 valence electrons. The highest BCUT2D eigenvalue weighted by molar-refractivity contribution is 5.98. The summed E-state index contributed by atoms with van der Waals surface area (Å²) in [6.45, 7) is 0.981. The van der Waals surface area contributed by atoms with Crippen LogP contribution in [0.2, 0.25) is 0 Å². The van der Waals surface area contributed by atoms with Crippen molar-refractivity contribution in [1.82, 2.24) is 5.32 Å². The molecule has 0 spiro atoms. The normalized spacial score (nSPS) is 12.5. The van der Waals surface area contributed by atoms with E-state index in [1.807, 2.05) is 0 Å². The van der Waals surface area contributed by atoms with Crippen molar-refractivity contribution < 1.29 is 22.8 Å². The Balaban J connectivity index is 4.46. The van der Waals surface area contributed by atoms with Crippen molar-refractivity contribution in [3.05, 3.63) is 11.9 Å². The molecule has 7 heteroatoms. The Morgan fingerprint density at radius 2 is 1.85 bits per heavy atom. The molecule has 0 aliphatic heterocycles. The zero-order chi connectivity index (χ0) is 10.6. The molecule has 0 unspecified atom stereocenters. The molecule has 0 fully saturated rings. The molecule has 13 heavy (non-hydrogen) atoms. The highest BCUT2D eigenvalue weighted by atomic mass is 19.4. The molecule has 0 bridgehead atoms. The average Bonchev–Trinajstić information content (AvgIpc) is 1.96. The van der Waals surface area contributed by atoms with E-state index in [4.69, 9.17) is 5.73 Å². The Hall–Kier alpha value is -1.53. The van der Waals surface area contributed by atoms with Gasteiger partial charge in [-0.1, -0.05) is 0 Å². The molecule has 4 nitrogen and oxygen atoms in total. The van der Waals surface area contributed by atoms with Crippen molar-refractivity contribution >= 4 is 11.7 Å². The van der Waals surface area contributed by atoms with E-state index in [1.165, 1.54) is 5.32 Å². The van der Waals surface area contributed by atoms with Crippen molar-refractivity contribution in [3.8, 4) is 0 Å². The van der Waals surface area contributed by atoms with Gasteiger partial charge in [-0.15, -0.1) is 0 Å². The van der Waals surface area contributed by atoms with E-state index >= 15 is 0 Å². The van der Waals surface area contributed by atoms with Gasteiger partial charge in [0.15, 0.2) is 5.78 Å². The summed E-state index contributed by atoms with van der Waals surface area (Å²) in [5.41, 5.74) is 4.22. The van der Waals surface area contributed by atoms with E-state index in [0.717, 1.165) is 6.92 Å². The molecule has 0 atom stereocenters. The number of nitrogens with one attached hydrogen (secondary N) is 1. The molecule has 0 heterocycles. The van der Waals surface area contributed by atoms with Crippen LogP contribution < -0.4 is 11.1 Å². The number of nitrogens with two attached hydrogens (primary N) is 1. The Kier molecular flexibility index (Phi) is 3.46. The lowest BCUT2D eigenvalue weighted by atomic mass is 10.3. The minimum atomic E-state index is -5.02. The second kappa shape index (κ2) is 3.92. The molecule has 0 radical (unpaired) electrons. The van der Waals surface area contributed by atoms with E-state index in [1.54, 1.807) is 0 Å². The van der Waals surface area contributed by atoms with Crippen molar-refractivity contribution in [2.75, 3.05) is 0 Å². The number of hydrogen-bond donors (Lipinski definition) is 2. The molecule has 0 saturated heterocycles. The maximum Gasteiger partial charge on any atom is 0.471 e. The first kappa shape index (κ1) is 11.5. The van der Waals surface area contributed by atoms with Crippen LogP contribution in [-0.2, 0) is 9.59 Å². The molecule has 3 N–H and O–H groups in total. The van der Waals surface area contributed by atoms with Crippen LogP contribution in [0.5, 0.6) is 0 Å². The van der Waals surface area contributed by atoms with Gasteiger partial charge in [0.1, 0.15) is 0 Å². The molecular formula is C6H7F3N2O2. The minimum absolute atomic E-state index is 0.581. The van der Waals surface area contributed by atoms with E-state index in [2.05, 4.69) is 0 Å². The number of rotatable bonds is 2. The third-order valence-electron chi connectivity index (χ3n) is 1.05. The predicted octanol–water partition coefficient (Wildman–Crippen LogP) is 0.0540. The first-order chi connectivity index (χ1) is 5.79. The molecule has 0 rings (SSSR count). The molecule has 0 aliphatic carbocycles. The van der Waals surface area contributed by atoms with Crippen LogP contribution in [0, 0.1) is 0 Å². The quantitative estimate of drug-likeness (QED) is 0.613. The largest absolute Gasteiger partial charge is 0.471 e. The highest BCUT2D eigenvalue weighted by Crippen LogP contribution is 2.14. The smallest absolute Gasteiger partial charge is 0.403 e. The van der Waals surface area contributed by atoms with Crippen LogP contribution in [0.1, 0.15) is 6.92 Å². The summed E-state index contributed by atoms with van der Waals surface area (Å²) in [5, 5.41) is 1.33. The summed E-state index contributed by atoms with van der Waals surface area (Å²) in [6.07, 6.45) is -4.42. The van der Waals surface area contributed by atoms with Crippen LogP contribution >= 0.6 is 0 Å². The number of alkyl halides is 3. The Morgan fingerprint density at radius 3 is 2.08 bits per heavy atom. The van der Waals surface area contributed by atoms with Crippen molar-refractivity contribution in [2.24, 2.45) is 5.73 Å². The van der Waals surface area contributed by atoms with Gasteiger partial charge in [0.2, 0.25) is 0 Å². The third kappa shape index (κ3) is 3.59. The fourth-order valence-electron chi connectivity index (χ4n) is 0.440. The zero-order valence-electron chi connectivity index (χ0n) is 6.61. The molecule has 0 aliphatic rings. The number of ketones is 1. The first-order valence-corrected chi connectivity index (χ1v) is 3.10. The topological polar surface area (TPSA) is 72.2 Å². The van der Waals surface area contributed by atoms with E-state index < -0.39 is 23.6 Å². The summed E-state index contributed by atoms with van der Waals surface area (Å²) >= 11 is 0. The number of carbonyl (C=O) groups excluding carboxylic acids is 2. The van der Waals surface area contributed by atoms with Gasteiger partial charge in [-0.3, -0.25) is 9.59 Å². The maximum absolute atomic E-state index is 11.6. The van der Waals surface area contributed by atoms with E-state index in [0.29, 0.717) is 6.20 Å². The highest BCUT2D eigenvalue weighted by Gasteiger charge is 2.39. The summed E-state index contributed by atoms with van der Waals surface area (Å²) in [5.74, 6) is -2.97. The van der Waals surface area contributed by atoms with Crippen LogP contribution in [-0.4, -0.2) is 17.9 Å². The molecule has 0 aromatic rings. The number of hydrogen-bond acceptors (Lipinski definition) is 3. The zero-order valence-corrected chi connectivity index (χ0v) is 6.61. The maximum atomic E-state index is 11.6. The van der Waals surface area contributed by atoms with Gasteiger partial charge >= 0.3 is 12.1 Å². The van der Waals surface area contributed by atoms with Crippen LogP contribution in [0.25, 0.3) is 0 Å². The second-order valence-corrected chi connectivity index (χ2v) is 2.09. The van der Waals surface area contributed by atoms with Gasteiger partial charge in [0.05, 0.1) is 5.70 Å². The van der Waals surface area contributed by atoms with Crippen molar-refractivity contribution in [3.63, 3.8) is 0 Å². The van der Waals surface area contributed by atoms with Crippen molar-refractivity contribution in [2.45, 2.75) is 13.1 Å². The van der Waals surface area contributed by atoms with Crippen LogP contribution in [0.4, 0.5) is 13.2 Å². The lowest BCUT2D eigenvalue weighted by Gasteiger charge is -2.07. The lowest BCUT2D eigenvalue weighted by molar-refractivity contribution is -0.172. The average molecular weight is 196 g/mol. The summed E-state index contributed by atoms with van der Waals surface area (Å²) in [4.78, 5) is 20.8. The third-order valence-corrected chi connectivity index (χ3v) is 1.05. The summed E-state index contributed by atoms with van der Waals surface area (Å²) < 4.78 is 34.9. The Bertz CT molecular complexity index is 257. The predicted molar refractivity (Wildman–Crippen MR) is 37.1 cm³/mol. The van der Waals surface area contributed by atoms with Crippen LogP contribution in [0.3, 0.4) is 0 Å². The number of allylic oxidation sites excluding steroid dienone is 1. The van der Waals surface area contributed by atoms with Gasteiger partial charge in [-0.2, -0.15) is 13.2 Å². The van der Waals surface area contributed by atoms with Gasteiger partial charge < -0.3 is 11.1 Å². The fraction of sp³-hybridized carbons (Fsp3) is 0.333. The Labute approximate surface area is 71.6 Å². The lowest BCUT2D eigenvalue weighted by Crippen LogP contribution is -2.38. The van der Waals surface area contributed by atoms with E-state index in [9.17, 15) is 22.8 Å². The monoisotopic (exact) mass is 196 g/mol. The van der Waals surface area contributed by atoms with Gasteiger partial charge in [0, 0.05) is 13.1 Å². The minimum Gasteiger partial charge on any atom is -0.403 e. The van der Waals surface area contributed by atoms with Gasteiger partial charge in [-0.25, -0.2) is 0 Å². The van der Waals surface area contributed by atoms with E-state index in [-0.39, 0.29) is 0 Å². The molecule has 0 aromatic carbocycles. The SMILES string of the molecule is CC(=O)/C(=C\N)NC(=O)C(F)(F)F. The molecular weight excluding hydrogens is 189 g/mol. The van der Waals surface area contributed by atoms with Crippen LogP contribution in [0.15, 0.2) is 11.9 Å². The summed E-state index contributed by atoms with van der Waals surface area (Å²) in [7, 11) is 0. The van der Waals surface area contributed by atoms with Crippen molar-refractivity contribution in [1.29, 1.82) is 0 Å². The second-order valence-electron chi connectivity index (χ2n) is 2.09. The molecule has 1 amide bonds. The molecule has 0 aromatic heterocycles. The number of Topliss-reactive ketones (excluding diaryl/α,β-unsaturated/α-hetero) is 1. The van der Waals surface area contributed by atoms with Gasteiger partial charge in [0.25, 0.3) is 0 Å². The standard InChI is InChI=1S/C6H7F3N2O2/c1-3(12)4(2-10)11-5(13)6(7,8)9/h2H,10H2,1H3,(H,11,13)/b4-2+. The Morgan fingerprint density at radius 1 is 1.38 bits per heavy atom. The number of carbonyl (C=O) groups is 2. The first-order valence-electron chi connectivity index (χ1n) is 3.10. The van der Waals surface area contributed by atoms with Gasteiger partial charge in [-0.05, 0) is 0 Å². The summed E-state index contributed by atoms with van der Waals surface area (Å²) in [6, 6.07) is 0. The molecule has 0 saturated carbocycles. The number of amides is 1.